The molecule has 0 saturated carbocycles. The second kappa shape index (κ2) is 7.82. The Kier molecular flexibility index (Phi) is 5.79. The van der Waals surface area contributed by atoms with Crippen LogP contribution in [0.5, 0.6) is 0 Å². The van der Waals surface area contributed by atoms with E-state index in [1.165, 1.54) is 12.1 Å². The lowest BCUT2D eigenvalue weighted by molar-refractivity contribution is 0.121. The van der Waals surface area contributed by atoms with Crippen molar-refractivity contribution >= 4 is 0 Å². The van der Waals surface area contributed by atoms with Crippen molar-refractivity contribution in [2.24, 2.45) is 0 Å². The van der Waals surface area contributed by atoms with Crippen LogP contribution in [0.4, 0.5) is 4.39 Å². The molecular formula is C14H18FN3O3. The molecule has 114 valence electrons. The normalized spacial score (nSPS) is 11.2. The summed E-state index contributed by atoms with van der Waals surface area (Å²) in [4.78, 5) is 1.95. The zero-order valence-corrected chi connectivity index (χ0v) is 11.8. The average Bonchev–Trinajstić information content (AvgIpc) is 2.94. The third-order valence-electron chi connectivity index (χ3n) is 2.94. The molecule has 0 unspecified atom stereocenters. The summed E-state index contributed by atoms with van der Waals surface area (Å²) in [6, 6.07) is 5.86. The quantitative estimate of drug-likeness (QED) is 0.792. The number of rotatable bonds is 8. The number of nitrogens with zero attached hydrogens (tertiary/aromatic N) is 3. The smallest absolute Gasteiger partial charge is 0.247 e. The fourth-order valence-corrected chi connectivity index (χ4v) is 1.85. The van der Waals surface area contributed by atoms with Gasteiger partial charge in [0.15, 0.2) is 0 Å². The number of hydrogen-bond donors (Lipinski definition) is 1. The van der Waals surface area contributed by atoms with Gasteiger partial charge in [0.1, 0.15) is 5.82 Å². The highest BCUT2D eigenvalue weighted by Crippen LogP contribution is 2.18. The average molecular weight is 295 g/mol. The van der Waals surface area contributed by atoms with Crippen LogP contribution < -0.4 is 0 Å². The van der Waals surface area contributed by atoms with Crippen molar-refractivity contribution in [2.75, 3.05) is 33.4 Å². The van der Waals surface area contributed by atoms with Crippen LogP contribution in [0.2, 0.25) is 0 Å². The molecule has 0 saturated heterocycles. The molecule has 7 heteroatoms. The van der Waals surface area contributed by atoms with Crippen molar-refractivity contribution in [2.45, 2.75) is 6.54 Å². The zero-order chi connectivity index (χ0) is 15.1. The zero-order valence-electron chi connectivity index (χ0n) is 11.8. The first-order valence-electron chi connectivity index (χ1n) is 6.63. The van der Waals surface area contributed by atoms with Crippen LogP contribution in [0, 0.1) is 5.82 Å². The van der Waals surface area contributed by atoms with Crippen molar-refractivity contribution in [1.82, 2.24) is 15.1 Å². The van der Waals surface area contributed by atoms with Crippen LogP contribution in [0.3, 0.4) is 0 Å². The van der Waals surface area contributed by atoms with Gasteiger partial charge in [-0.1, -0.05) is 0 Å². The van der Waals surface area contributed by atoms with Crippen LogP contribution in [-0.2, 0) is 11.3 Å². The second-order valence-electron chi connectivity index (χ2n) is 4.50. The van der Waals surface area contributed by atoms with Gasteiger partial charge in [0, 0.05) is 25.8 Å². The first kappa shape index (κ1) is 15.6. The van der Waals surface area contributed by atoms with Crippen LogP contribution in [0.15, 0.2) is 28.7 Å². The molecule has 0 fully saturated rings. The van der Waals surface area contributed by atoms with Crippen LogP contribution >= 0.6 is 0 Å². The molecule has 6 nitrogen and oxygen atoms in total. The van der Waals surface area contributed by atoms with Gasteiger partial charge in [0.05, 0.1) is 19.8 Å². The third kappa shape index (κ3) is 4.59. The van der Waals surface area contributed by atoms with E-state index < -0.39 is 0 Å². The molecule has 0 atom stereocenters. The second-order valence-corrected chi connectivity index (χ2v) is 4.50. The molecule has 21 heavy (non-hydrogen) atoms. The predicted octanol–water partition coefficient (Wildman–Crippen LogP) is 1.32. The largest absolute Gasteiger partial charge is 0.419 e. The molecule has 0 amide bonds. The van der Waals surface area contributed by atoms with Crippen LogP contribution in [0.1, 0.15) is 5.89 Å². The van der Waals surface area contributed by atoms with E-state index in [-0.39, 0.29) is 12.4 Å². The highest BCUT2D eigenvalue weighted by atomic mass is 19.1. The number of hydrogen-bond acceptors (Lipinski definition) is 6. The van der Waals surface area contributed by atoms with Gasteiger partial charge in [-0.2, -0.15) is 0 Å². The third-order valence-corrected chi connectivity index (χ3v) is 2.94. The van der Waals surface area contributed by atoms with Crippen molar-refractivity contribution < 1.29 is 18.7 Å². The summed E-state index contributed by atoms with van der Waals surface area (Å²) >= 11 is 0. The van der Waals surface area contributed by atoms with Gasteiger partial charge in [0.2, 0.25) is 11.8 Å². The number of benzene rings is 1. The van der Waals surface area contributed by atoms with E-state index >= 15 is 0 Å². The standard InChI is InChI=1S/C14H18FN3O3/c1-20-9-7-18(6-8-19)10-13-16-17-14(21-13)11-2-4-12(15)5-3-11/h2-5,19H,6-10H2,1H3. The van der Waals surface area contributed by atoms with Crippen molar-refractivity contribution in [3.63, 3.8) is 0 Å². The number of aliphatic hydroxyl groups is 1. The van der Waals surface area contributed by atoms with Gasteiger partial charge in [0.25, 0.3) is 0 Å². The lowest BCUT2D eigenvalue weighted by Crippen LogP contribution is -2.30. The molecule has 1 aromatic heterocycles. The van der Waals surface area contributed by atoms with Crippen molar-refractivity contribution in [1.29, 1.82) is 0 Å². The SMILES string of the molecule is COCCN(CCO)Cc1nnc(-c2ccc(F)cc2)o1. The van der Waals surface area contributed by atoms with Gasteiger partial charge in [-0.05, 0) is 24.3 Å². The fraction of sp³-hybridized carbons (Fsp3) is 0.429. The van der Waals surface area contributed by atoms with E-state index in [1.807, 2.05) is 4.90 Å². The number of aliphatic hydroxyl groups excluding tert-OH is 1. The lowest BCUT2D eigenvalue weighted by atomic mass is 10.2. The Balaban J connectivity index is 2.02. The van der Waals surface area contributed by atoms with Crippen LogP contribution in [0.25, 0.3) is 11.5 Å². The monoisotopic (exact) mass is 295 g/mol. The summed E-state index contributed by atoms with van der Waals surface area (Å²) < 4.78 is 23.4. The van der Waals surface area contributed by atoms with Gasteiger partial charge in [-0.3, -0.25) is 4.90 Å². The topological polar surface area (TPSA) is 71.6 Å². The Morgan fingerprint density at radius 2 is 2.00 bits per heavy atom. The summed E-state index contributed by atoms with van der Waals surface area (Å²) in [7, 11) is 1.62. The van der Waals surface area contributed by atoms with E-state index in [4.69, 9.17) is 14.3 Å². The predicted molar refractivity (Wildman–Crippen MR) is 73.9 cm³/mol. The molecule has 2 aromatic rings. The van der Waals surface area contributed by atoms with Gasteiger partial charge >= 0.3 is 0 Å². The van der Waals surface area contributed by atoms with E-state index in [0.29, 0.717) is 43.6 Å². The summed E-state index contributed by atoms with van der Waals surface area (Å²) in [5.74, 6) is 0.478. The molecular weight excluding hydrogens is 277 g/mol. The maximum atomic E-state index is 12.9. The number of methoxy groups -OCH3 is 1. The maximum absolute atomic E-state index is 12.9. The van der Waals surface area contributed by atoms with E-state index in [9.17, 15) is 4.39 Å². The summed E-state index contributed by atoms with van der Waals surface area (Å²) in [6.07, 6.45) is 0. The van der Waals surface area contributed by atoms with E-state index in [0.717, 1.165) is 0 Å². The van der Waals surface area contributed by atoms with Crippen LogP contribution in [-0.4, -0.2) is 53.6 Å². The van der Waals surface area contributed by atoms with Gasteiger partial charge in [-0.15, -0.1) is 10.2 Å². The molecule has 0 spiro atoms. The molecule has 0 aliphatic rings. The minimum absolute atomic E-state index is 0.0443. The van der Waals surface area contributed by atoms with Gasteiger partial charge < -0.3 is 14.3 Å². The summed E-state index contributed by atoms with van der Waals surface area (Å²) in [5.41, 5.74) is 0.667. The van der Waals surface area contributed by atoms with Gasteiger partial charge in [-0.25, -0.2) is 4.39 Å². The Labute approximate surface area is 122 Å². The van der Waals surface area contributed by atoms with E-state index in [2.05, 4.69) is 10.2 Å². The maximum Gasteiger partial charge on any atom is 0.247 e. The van der Waals surface area contributed by atoms with E-state index in [1.54, 1.807) is 19.2 Å². The minimum atomic E-state index is -0.313. The molecule has 1 heterocycles. The molecule has 0 aliphatic carbocycles. The molecule has 0 radical (unpaired) electrons. The van der Waals surface area contributed by atoms with Crippen molar-refractivity contribution in [3.05, 3.63) is 36.0 Å². The molecule has 0 bridgehead atoms. The highest BCUT2D eigenvalue weighted by molar-refractivity contribution is 5.51. The molecule has 1 aromatic carbocycles. The fourth-order valence-electron chi connectivity index (χ4n) is 1.85. The molecule has 1 N–H and O–H groups in total. The summed E-state index contributed by atoms with van der Waals surface area (Å²) in [6.45, 7) is 2.18. The highest BCUT2D eigenvalue weighted by Gasteiger charge is 2.12. The first-order valence-corrected chi connectivity index (χ1v) is 6.63. The number of aromatic nitrogens is 2. The Morgan fingerprint density at radius 1 is 1.24 bits per heavy atom. The Morgan fingerprint density at radius 3 is 2.67 bits per heavy atom. The molecule has 2 rings (SSSR count). The lowest BCUT2D eigenvalue weighted by Gasteiger charge is -2.18. The first-order chi connectivity index (χ1) is 10.2. The summed E-state index contributed by atoms with van der Waals surface area (Å²) in [5, 5.41) is 17.0. The minimum Gasteiger partial charge on any atom is -0.419 e. The number of ether oxygens (including phenoxy) is 1. The Hall–Kier alpha value is -1.83. The number of halogens is 1. The van der Waals surface area contributed by atoms with Crippen molar-refractivity contribution in [3.8, 4) is 11.5 Å². The Bertz CT molecular complexity index is 545. The molecule has 0 aliphatic heterocycles.